The molecule has 4 heteroatoms. The molecule has 0 saturated heterocycles. The highest BCUT2D eigenvalue weighted by Crippen LogP contribution is 2.14. The maximum absolute atomic E-state index is 5.80. The molecule has 0 aliphatic rings. The molecular weight excluding hydrogens is 184 g/mol. The zero-order chi connectivity index (χ0) is 9.52. The van der Waals surface area contributed by atoms with Crippen LogP contribution in [0.3, 0.4) is 0 Å². The standard InChI is InChI=1S/C9H16N2OS/c10-4-1-2-8(11)6-12-9-3-5-13-7-9/h3,5,7-8H,1-2,4,6,10-11H2. The molecule has 1 aromatic heterocycles. The lowest BCUT2D eigenvalue weighted by Crippen LogP contribution is -2.28. The van der Waals surface area contributed by atoms with Gasteiger partial charge in [-0.05, 0) is 30.8 Å². The second kappa shape index (κ2) is 5.96. The van der Waals surface area contributed by atoms with E-state index in [1.54, 1.807) is 11.3 Å². The third-order valence-corrected chi connectivity index (χ3v) is 2.40. The average Bonchev–Trinajstić information content (AvgIpc) is 2.64. The molecular formula is C9H16N2OS. The number of ether oxygens (including phenoxy) is 1. The van der Waals surface area contributed by atoms with Gasteiger partial charge in [-0.2, -0.15) is 0 Å². The van der Waals surface area contributed by atoms with Gasteiger partial charge in [0.05, 0.1) is 0 Å². The van der Waals surface area contributed by atoms with Gasteiger partial charge in [0.1, 0.15) is 12.4 Å². The van der Waals surface area contributed by atoms with Gasteiger partial charge in [-0.1, -0.05) is 0 Å². The van der Waals surface area contributed by atoms with Gasteiger partial charge < -0.3 is 16.2 Å². The van der Waals surface area contributed by atoms with E-state index in [4.69, 9.17) is 16.2 Å². The van der Waals surface area contributed by atoms with Crippen LogP contribution in [-0.2, 0) is 0 Å². The van der Waals surface area contributed by atoms with Crippen molar-refractivity contribution in [2.45, 2.75) is 18.9 Å². The van der Waals surface area contributed by atoms with Crippen molar-refractivity contribution in [1.29, 1.82) is 0 Å². The molecule has 74 valence electrons. The van der Waals surface area contributed by atoms with E-state index in [9.17, 15) is 0 Å². The normalized spacial score (nSPS) is 12.8. The van der Waals surface area contributed by atoms with Crippen molar-refractivity contribution < 1.29 is 4.74 Å². The molecule has 0 aliphatic carbocycles. The summed E-state index contributed by atoms with van der Waals surface area (Å²) in [6, 6.07) is 2.05. The van der Waals surface area contributed by atoms with E-state index in [1.165, 1.54) is 0 Å². The molecule has 0 radical (unpaired) electrons. The van der Waals surface area contributed by atoms with Gasteiger partial charge in [0.25, 0.3) is 0 Å². The predicted molar refractivity (Wildman–Crippen MR) is 56.1 cm³/mol. The van der Waals surface area contributed by atoms with E-state index in [-0.39, 0.29) is 6.04 Å². The molecule has 1 unspecified atom stereocenters. The first-order valence-electron chi connectivity index (χ1n) is 4.43. The zero-order valence-electron chi connectivity index (χ0n) is 7.61. The van der Waals surface area contributed by atoms with Crippen molar-refractivity contribution in [3.05, 3.63) is 16.8 Å². The third kappa shape index (κ3) is 4.26. The molecule has 0 spiro atoms. The highest BCUT2D eigenvalue weighted by molar-refractivity contribution is 7.08. The molecule has 1 rings (SSSR count). The van der Waals surface area contributed by atoms with Crippen molar-refractivity contribution in [2.24, 2.45) is 11.5 Å². The first kappa shape index (κ1) is 10.5. The number of nitrogens with two attached hydrogens (primary N) is 2. The second-order valence-corrected chi connectivity index (χ2v) is 3.74. The number of hydrogen-bond acceptors (Lipinski definition) is 4. The van der Waals surface area contributed by atoms with E-state index < -0.39 is 0 Å². The van der Waals surface area contributed by atoms with Crippen LogP contribution in [0.5, 0.6) is 5.75 Å². The van der Waals surface area contributed by atoms with E-state index in [2.05, 4.69) is 0 Å². The van der Waals surface area contributed by atoms with Crippen molar-refractivity contribution in [3.63, 3.8) is 0 Å². The molecule has 4 N–H and O–H groups in total. The van der Waals surface area contributed by atoms with Gasteiger partial charge in [0, 0.05) is 11.4 Å². The monoisotopic (exact) mass is 200 g/mol. The summed E-state index contributed by atoms with van der Waals surface area (Å²) >= 11 is 1.62. The summed E-state index contributed by atoms with van der Waals surface area (Å²) in [5, 5.41) is 3.95. The lowest BCUT2D eigenvalue weighted by molar-refractivity contribution is 0.282. The van der Waals surface area contributed by atoms with Crippen molar-refractivity contribution >= 4 is 11.3 Å². The van der Waals surface area contributed by atoms with Gasteiger partial charge in [0.15, 0.2) is 0 Å². The molecule has 0 aliphatic heterocycles. The van der Waals surface area contributed by atoms with Crippen LogP contribution in [0.25, 0.3) is 0 Å². The molecule has 1 aromatic rings. The Labute approximate surface area is 82.7 Å². The summed E-state index contributed by atoms with van der Waals surface area (Å²) in [5.74, 6) is 0.910. The molecule has 3 nitrogen and oxygen atoms in total. The number of rotatable bonds is 6. The van der Waals surface area contributed by atoms with Gasteiger partial charge in [0.2, 0.25) is 0 Å². The van der Waals surface area contributed by atoms with Gasteiger partial charge >= 0.3 is 0 Å². The Bertz CT molecular complexity index is 213. The summed E-state index contributed by atoms with van der Waals surface area (Å²) in [6.45, 7) is 1.28. The molecule has 13 heavy (non-hydrogen) atoms. The van der Waals surface area contributed by atoms with Crippen LogP contribution in [0.15, 0.2) is 16.8 Å². The fourth-order valence-electron chi connectivity index (χ4n) is 1.00. The van der Waals surface area contributed by atoms with Crippen LogP contribution >= 0.6 is 11.3 Å². The largest absolute Gasteiger partial charge is 0.491 e. The van der Waals surface area contributed by atoms with Crippen LogP contribution in [0, 0.1) is 0 Å². The van der Waals surface area contributed by atoms with Gasteiger partial charge in [-0.25, -0.2) is 0 Å². The summed E-state index contributed by atoms with van der Waals surface area (Å²) in [7, 11) is 0. The first-order chi connectivity index (χ1) is 6.33. The fraction of sp³-hybridized carbons (Fsp3) is 0.556. The van der Waals surface area contributed by atoms with E-state index >= 15 is 0 Å². The van der Waals surface area contributed by atoms with Crippen LogP contribution in [0.2, 0.25) is 0 Å². The van der Waals surface area contributed by atoms with Gasteiger partial charge in [-0.15, -0.1) is 11.3 Å². The minimum absolute atomic E-state index is 0.100. The molecule has 1 atom stereocenters. The zero-order valence-corrected chi connectivity index (χ0v) is 8.43. The molecule has 0 bridgehead atoms. The van der Waals surface area contributed by atoms with Crippen molar-refractivity contribution in [3.8, 4) is 5.75 Å². The van der Waals surface area contributed by atoms with Crippen LogP contribution < -0.4 is 16.2 Å². The summed E-state index contributed by atoms with van der Waals surface area (Å²) in [4.78, 5) is 0. The Kier molecular flexibility index (Phi) is 4.82. The van der Waals surface area contributed by atoms with E-state index in [0.717, 1.165) is 18.6 Å². The molecule has 0 aromatic carbocycles. The third-order valence-electron chi connectivity index (χ3n) is 1.74. The summed E-state index contributed by atoms with van der Waals surface area (Å²) in [6.07, 6.45) is 1.90. The highest BCUT2D eigenvalue weighted by atomic mass is 32.1. The van der Waals surface area contributed by atoms with Gasteiger partial charge in [-0.3, -0.25) is 0 Å². The van der Waals surface area contributed by atoms with E-state index in [1.807, 2.05) is 16.8 Å². The Morgan fingerprint density at radius 2 is 2.38 bits per heavy atom. The topological polar surface area (TPSA) is 61.3 Å². The summed E-state index contributed by atoms with van der Waals surface area (Å²) in [5.41, 5.74) is 11.2. The smallest absolute Gasteiger partial charge is 0.130 e. The molecule has 0 fully saturated rings. The van der Waals surface area contributed by atoms with Crippen LogP contribution in [0.4, 0.5) is 0 Å². The van der Waals surface area contributed by atoms with Crippen molar-refractivity contribution in [2.75, 3.05) is 13.2 Å². The molecule has 0 saturated carbocycles. The quantitative estimate of drug-likeness (QED) is 0.725. The minimum atomic E-state index is 0.100. The lowest BCUT2D eigenvalue weighted by atomic mass is 10.2. The Balaban J connectivity index is 2.11. The maximum atomic E-state index is 5.80. The average molecular weight is 200 g/mol. The predicted octanol–water partition coefficient (Wildman–Crippen LogP) is 1.19. The van der Waals surface area contributed by atoms with E-state index in [0.29, 0.717) is 13.2 Å². The summed E-state index contributed by atoms with van der Waals surface area (Å²) < 4.78 is 5.45. The number of hydrogen-bond donors (Lipinski definition) is 2. The SMILES string of the molecule is NCCCC(N)COc1ccsc1. The second-order valence-electron chi connectivity index (χ2n) is 2.96. The number of thiophene rings is 1. The Hall–Kier alpha value is -0.580. The Morgan fingerprint density at radius 1 is 1.54 bits per heavy atom. The van der Waals surface area contributed by atoms with Crippen molar-refractivity contribution in [1.82, 2.24) is 0 Å². The molecule has 1 heterocycles. The molecule has 0 amide bonds. The highest BCUT2D eigenvalue weighted by Gasteiger charge is 2.02. The Morgan fingerprint density at radius 3 is 3.00 bits per heavy atom. The van der Waals surface area contributed by atoms with Crippen LogP contribution in [0.1, 0.15) is 12.8 Å². The first-order valence-corrected chi connectivity index (χ1v) is 5.38. The maximum Gasteiger partial charge on any atom is 0.130 e. The lowest BCUT2D eigenvalue weighted by Gasteiger charge is -2.11. The fourth-order valence-corrected chi connectivity index (χ4v) is 1.57. The minimum Gasteiger partial charge on any atom is -0.491 e. The van der Waals surface area contributed by atoms with Crippen LogP contribution in [-0.4, -0.2) is 19.2 Å².